The Morgan fingerprint density at radius 1 is 0.958 bits per heavy atom. The predicted molar refractivity (Wildman–Crippen MR) is 101 cm³/mol. The molecule has 3 heteroatoms. The van der Waals surface area contributed by atoms with E-state index >= 15 is 0 Å². The molecule has 0 aliphatic rings. The van der Waals surface area contributed by atoms with Crippen LogP contribution in [-0.4, -0.2) is 9.51 Å². The van der Waals surface area contributed by atoms with Gasteiger partial charge < -0.3 is 15.2 Å². The Morgan fingerprint density at radius 3 is 2.58 bits per heavy atom. The van der Waals surface area contributed by atoms with Crippen LogP contribution in [0.2, 0.25) is 0 Å². The maximum atomic E-state index is 10.9. The summed E-state index contributed by atoms with van der Waals surface area (Å²) in [6.45, 7) is 6.33. The Kier molecular flexibility index (Phi) is 2.32. The fraction of sp³-hybridized carbons (Fsp3) is 0.0476. The van der Waals surface area contributed by atoms with E-state index in [1.165, 1.54) is 0 Å². The van der Waals surface area contributed by atoms with E-state index in [2.05, 4.69) is 23.1 Å². The number of nitrogens with two attached hydrogens (primary N) is 1. The van der Waals surface area contributed by atoms with Crippen LogP contribution in [0.5, 0.6) is 5.75 Å². The van der Waals surface area contributed by atoms with Crippen LogP contribution in [0.15, 0.2) is 48.5 Å². The van der Waals surface area contributed by atoms with Crippen molar-refractivity contribution in [1.29, 1.82) is 0 Å². The molecule has 0 radical (unpaired) electrons. The molecule has 2 heterocycles. The fourth-order valence-electron chi connectivity index (χ4n) is 3.90. The van der Waals surface area contributed by atoms with Gasteiger partial charge in [-0.2, -0.15) is 0 Å². The predicted octanol–water partition coefficient (Wildman–Crippen LogP) is 4.12. The smallest absolute Gasteiger partial charge is 0.149 e. The van der Waals surface area contributed by atoms with Gasteiger partial charge in [-0.25, -0.2) is 0 Å². The average molecular weight is 312 g/mol. The van der Waals surface area contributed by atoms with Crippen molar-refractivity contribution in [3.63, 3.8) is 0 Å². The van der Waals surface area contributed by atoms with Crippen molar-refractivity contribution in [1.82, 2.24) is 4.40 Å². The molecule has 0 spiro atoms. The molecular formula is C21H16N2O. The summed E-state index contributed by atoms with van der Waals surface area (Å²) in [5.74, 6) is 0.301. The zero-order valence-corrected chi connectivity index (χ0v) is 13.3. The Balaban J connectivity index is 2.25. The van der Waals surface area contributed by atoms with E-state index in [-0.39, 0.29) is 0 Å². The molecule has 0 saturated heterocycles. The van der Waals surface area contributed by atoms with Crippen molar-refractivity contribution >= 4 is 50.2 Å². The van der Waals surface area contributed by atoms with Gasteiger partial charge in [0.1, 0.15) is 5.75 Å². The second kappa shape index (κ2) is 4.20. The van der Waals surface area contributed by atoms with Crippen LogP contribution in [0, 0.1) is 6.92 Å². The molecule has 3 aromatic carbocycles. The summed E-state index contributed by atoms with van der Waals surface area (Å²) in [4.78, 5) is 0. The van der Waals surface area contributed by atoms with E-state index in [0.29, 0.717) is 5.75 Å². The number of aryl methyl sites for hydroxylation is 1. The fourth-order valence-corrected chi connectivity index (χ4v) is 3.90. The number of nitrogens with zero attached hydrogens (tertiary/aromatic N) is 1. The van der Waals surface area contributed by atoms with Crippen LogP contribution < -0.4 is 11.1 Å². The second-order valence-corrected chi connectivity index (χ2v) is 6.43. The summed E-state index contributed by atoms with van der Waals surface area (Å²) in [7, 11) is 0. The molecule has 0 aliphatic carbocycles. The molecule has 116 valence electrons. The van der Waals surface area contributed by atoms with Crippen molar-refractivity contribution in [3.05, 3.63) is 59.4 Å². The van der Waals surface area contributed by atoms with Gasteiger partial charge >= 0.3 is 0 Å². The molecule has 5 rings (SSSR count). The number of fused-ring (bicyclic) bond motifs is 4. The normalized spacial score (nSPS) is 12.0. The third-order valence-electron chi connectivity index (χ3n) is 5.01. The molecule has 24 heavy (non-hydrogen) atoms. The lowest BCUT2D eigenvalue weighted by Crippen LogP contribution is -2.12. The largest absolute Gasteiger partial charge is 0.505 e. The van der Waals surface area contributed by atoms with Crippen LogP contribution in [0.25, 0.3) is 44.5 Å². The maximum Gasteiger partial charge on any atom is 0.149 e. The highest BCUT2D eigenvalue weighted by atomic mass is 16.3. The zero-order valence-electron chi connectivity index (χ0n) is 13.3. The number of anilines is 1. The lowest BCUT2D eigenvalue weighted by Gasteiger charge is -2.12. The van der Waals surface area contributed by atoms with Crippen LogP contribution in [0.3, 0.4) is 0 Å². The van der Waals surface area contributed by atoms with Gasteiger partial charge in [-0.15, -0.1) is 0 Å². The monoisotopic (exact) mass is 312 g/mol. The summed E-state index contributed by atoms with van der Waals surface area (Å²) >= 11 is 0. The van der Waals surface area contributed by atoms with E-state index in [9.17, 15) is 5.11 Å². The molecule has 3 nitrogen and oxygen atoms in total. The number of aromatic hydroxyl groups is 1. The van der Waals surface area contributed by atoms with Crippen LogP contribution in [-0.2, 0) is 0 Å². The van der Waals surface area contributed by atoms with Gasteiger partial charge in [0, 0.05) is 38.0 Å². The van der Waals surface area contributed by atoms with Gasteiger partial charge in [-0.3, -0.25) is 0 Å². The number of aromatic nitrogens is 1. The molecule has 0 aliphatic heterocycles. The van der Waals surface area contributed by atoms with Crippen LogP contribution in [0.4, 0.5) is 5.69 Å². The lowest BCUT2D eigenvalue weighted by molar-refractivity contribution is 0.487. The van der Waals surface area contributed by atoms with Crippen molar-refractivity contribution in [3.8, 4) is 5.75 Å². The summed E-state index contributed by atoms with van der Waals surface area (Å²) in [6, 6.07) is 16.1. The van der Waals surface area contributed by atoms with Gasteiger partial charge in [0.2, 0.25) is 0 Å². The Labute approximate surface area is 138 Å². The van der Waals surface area contributed by atoms with Gasteiger partial charge in [-0.1, -0.05) is 42.5 Å². The molecule has 5 aromatic rings. The number of nitrogen functional groups attached to an aromatic ring is 1. The van der Waals surface area contributed by atoms with E-state index in [4.69, 9.17) is 5.73 Å². The molecule has 0 atom stereocenters. The molecule has 3 N–H and O–H groups in total. The van der Waals surface area contributed by atoms with Crippen molar-refractivity contribution in [2.45, 2.75) is 6.92 Å². The first-order chi connectivity index (χ1) is 11.6. The second-order valence-electron chi connectivity index (χ2n) is 6.43. The van der Waals surface area contributed by atoms with Gasteiger partial charge in [0.25, 0.3) is 0 Å². The topological polar surface area (TPSA) is 50.7 Å². The highest BCUT2D eigenvalue weighted by Gasteiger charge is 2.18. The van der Waals surface area contributed by atoms with E-state index in [1.54, 1.807) is 0 Å². The third kappa shape index (κ3) is 1.42. The maximum absolute atomic E-state index is 10.9. The molecule has 0 unspecified atom stereocenters. The Bertz CT molecular complexity index is 1350. The minimum absolute atomic E-state index is 0.301. The number of rotatable bonds is 0. The number of hydrogen-bond acceptors (Lipinski definition) is 2. The van der Waals surface area contributed by atoms with Crippen molar-refractivity contribution in [2.75, 3.05) is 5.73 Å². The quantitative estimate of drug-likeness (QED) is 0.423. The Morgan fingerprint density at radius 2 is 1.75 bits per heavy atom. The Hall–Kier alpha value is -3.20. The zero-order chi connectivity index (χ0) is 16.6. The molecule has 0 amide bonds. The highest BCUT2D eigenvalue weighted by molar-refractivity contribution is 6.21. The van der Waals surface area contributed by atoms with Crippen LogP contribution in [0.1, 0.15) is 5.56 Å². The molecular weight excluding hydrogens is 296 g/mol. The SMILES string of the molecule is C=c1c2cccc3c(N)ccc(c32)c2c(O)c3cc(C)ccc3n12. The van der Waals surface area contributed by atoms with Gasteiger partial charge in [0.15, 0.2) is 0 Å². The molecule has 2 aromatic heterocycles. The van der Waals surface area contributed by atoms with Crippen molar-refractivity contribution in [2.24, 2.45) is 0 Å². The average Bonchev–Trinajstić information content (AvgIpc) is 2.87. The standard InChI is InChI=1S/C21H16N2O/c1-11-6-9-18-16(10-11)21(24)20-15-7-8-17(22)14-5-3-4-13(19(14)15)12(2)23(18)20/h3-10,24H,2,22H2,1H3. The van der Waals surface area contributed by atoms with E-state index < -0.39 is 0 Å². The van der Waals surface area contributed by atoms with Crippen LogP contribution >= 0.6 is 0 Å². The highest BCUT2D eigenvalue weighted by Crippen LogP contribution is 2.39. The number of pyridine rings is 1. The first-order valence-electron chi connectivity index (χ1n) is 7.93. The lowest BCUT2D eigenvalue weighted by atomic mass is 9.99. The summed E-state index contributed by atoms with van der Waals surface area (Å²) in [6.07, 6.45) is 0. The van der Waals surface area contributed by atoms with E-state index in [0.717, 1.165) is 54.6 Å². The third-order valence-corrected chi connectivity index (χ3v) is 5.01. The van der Waals surface area contributed by atoms with E-state index in [1.807, 2.05) is 43.3 Å². The first kappa shape index (κ1) is 13.3. The first-order valence-corrected chi connectivity index (χ1v) is 7.93. The minimum atomic E-state index is 0.301. The minimum Gasteiger partial charge on any atom is -0.505 e. The number of hydrogen-bond donors (Lipinski definition) is 2. The van der Waals surface area contributed by atoms with Gasteiger partial charge in [0.05, 0.1) is 11.0 Å². The molecule has 0 saturated carbocycles. The van der Waals surface area contributed by atoms with Crippen molar-refractivity contribution < 1.29 is 5.11 Å². The number of benzene rings is 3. The summed E-state index contributed by atoms with van der Waals surface area (Å²) in [5.41, 5.74) is 9.79. The summed E-state index contributed by atoms with van der Waals surface area (Å²) in [5, 5.41) is 16.8. The molecule has 0 bridgehead atoms. The summed E-state index contributed by atoms with van der Waals surface area (Å²) < 4.78 is 2.05. The van der Waals surface area contributed by atoms with Gasteiger partial charge in [-0.05, 0) is 25.1 Å². The molecule has 0 fully saturated rings.